The minimum absolute atomic E-state index is 0.0139. The monoisotopic (exact) mass is 248 g/mol. The summed E-state index contributed by atoms with van der Waals surface area (Å²) in [6.45, 7) is 6.18. The second-order valence-electron chi connectivity index (χ2n) is 5.27. The van der Waals surface area contributed by atoms with E-state index in [9.17, 15) is 4.79 Å². The van der Waals surface area contributed by atoms with Crippen LogP contribution in [0.15, 0.2) is 30.3 Å². The van der Waals surface area contributed by atoms with Crippen molar-refractivity contribution in [2.45, 2.75) is 39.3 Å². The van der Waals surface area contributed by atoms with Gasteiger partial charge in [-0.25, -0.2) is 0 Å². The SMILES string of the molecule is CC(C)CC(N)C(=O)N(C)C(C)c1ccccc1. The lowest BCUT2D eigenvalue weighted by Gasteiger charge is -2.28. The number of nitrogens with two attached hydrogens (primary N) is 1. The van der Waals surface area contributed by atoms with E-state index in [2.05, 4.69) is 13.8 Å². The van der Waals surface area contributed by atoms with E-state index in [0.29, 0.717) is 5.92 Å². The highest BCUT2D eigenvalue weighted by Crippen LogP contribution is 2.19. The highest BCUT2D eigenvalue weighted by molar-refractivity contribution is 5.81. The Hall–Kier alpha value is -1.35. The summed E-state index contributed by atoms with van der Waals surface area (Å²) < 4.78 is 0. The molecule has 2 atom stereocenters. The Morgan fingerprint density at radius 2 is 1.78 bits per heavy atom. The van der Waals surface area contributed by atoms with Crippen LogP contribution < -0.4 is 5.73 Å². The molecule has 0 radical (unpaired) electrons. The molecule has 1 aromatic carbocycles. The molecule has 0 aliphatic rings. The largest absolute Gasteiger partial charge is 0.338 e. The third-order valence-electron chi connectivity index (χ3n) is 3.25. The maximum absolute atomic E-state index is 12.2. The van der Waals surface area contributed by atoms with Crippen LogP contribution in [-0.4, -0.2) is 23.9 Å². The quantitative estimate of drug-likeness (QED) is 0.870. The number of hydrogen-bond donors (Lipinski definition) is 1. The van der Waals surface area contributed by atoms with Gasteiger partial charge in [0, 0.05) is 7.05 Å². The van der Waals surface area contributed by atoms with Crippen molar-refractivity contribution in [3.63, 3.8) is 0 Å². The summed E-state index contributed by atoms with van der Waals surface area (Å²) in [5.41, 5.74) is 7.07. The number of benzene rings is 1. The van der Waals surface area contributed by atoms with E-state index in [1.54, 1.807) is 4.90 Å². The molecule has 0 saturated carbocycles. The fourth-order valence-corrected chi connectivity index (χ4v) is 2.02. The molecule has 2 unspecified atom stereocenters. The van der Waals surface area contributed by atoms with Crippen LogP contribution in [-0.2, 0) is 4.79 Å². The number of carbonyl (C=O) groups is 1. The number of nitrogens with zero attached hydrogens (tertiary/aromatic N) is 1. The van der Waals surface area contributed by atoms with Crippen LogP contribution in [0, 0.1) is 5.92 Å². The molecule has 18 heavy (non-hydrogen) atoms. The molecule has 2 N–H and O–H groups in total. The van der Waals surface area contributed by atoms with Crippen LogP contribution >= 0.6 is 0 Å². The van der Waals surface area contributed by atoms with E-state index in [1.165, 1.54) is 0 Å². The average molecular weight is 248 g/mol. The Morgan fingerprint density at radius 3 is 2.28 bits per heavy atom. The Labute approximate surface area is 110 Å². The maximum atomic E-state index is 12.2. The molecule has 0 fully saturated rings. The molecule has 1 rings (SSSR count). The normalized spacial score (nSPS) is 14.3. The molecule has 0 aromatic heterocycles. The highest BCUT2D eigenvalue weighted by atomic mass is 16.2. The van der Waals surface area contributed by atoms with Crippen molar-refractivity contribution in [3.8, 4) is 0 Å². The van der Waals surface area contributed by atoms with E-state index in [-0.39, 0.29) is 11.9 Å². The fourth-order valence-electron chi connectivity index (χ4n) is 2.02. The van der Waals surface area contributed by atoms with E-state index < -0.39 is 6.04 Å². The second-order valence-corrected chi connectivity index (χ2v) is 5.27. The minimum atomic E-state index is -0.402. The molecule has 0 aliphatic heterocycles. The van der Waals surface area contributed by atoms with Gasteiger partial charge in [0.1, 0.15) is 0 Å². The van der Waals surface area contributed by atoms with Crippen LogP contribution in [0.25, 0.3) is 0 Å². The van der Waals surface area contributed by atoms with Crippen LogP contribution in [0.1, 0.15) is 38.8 Å². The van der Waals surface area contributed by atoms with Gasteiger partial charge in [0.05, 0.1) is 12.1 Å². The first kappa shape index (κ1) is 14.7. The summed E-state index contributed by atoms with van der Waals surface area (Å²) in [7, 11) is 1.82. The van der Waals surface area contributed by atoms with Gasteiger partial charge >= 0.3 is 0 Å². The molecule has 0 heterocycles. The summed E-state index contributed by atoms with van der Waals surface area (Å²) in [5, 5.41) is 0. The zero-order chi connectivity index (χ0) is 13.7. The van der Waals surface area contributed by atoms with Gasteiger partial charge in [-0.2, -0.15) is 0 Å². The molecule has 0 bridgehead atoms. The van der Waals surface area contributed by atoms with Gasteiger partial charge in [0.2, 0.25) is 5.91 Å². The molecule has 1 amide bonds. The lowest BCUT2D eigenvalue weighted by molar-refractivity contribution is -0.133. The van der Waals surface area contributed by atoms with Crippen molar-refractivity contribution < 1.29 is 4.79 Å². The summed E-state index contributed by atoms with van der Waals surface area (Å²) in [6, 6.07) is 9.65. The van der Waals surface area contributed by atoms with Crippen molar-refractivity contribution in [2.75, 3.05) is 7.05 Å². The lowest BCUT2D eigenvalue weighted by atomic mass is 10.0. The van der Waals surface area contributed by atoms with Gasteiger partial charge in [-0.05, 0) is 24.8 Å². The fraction of sp³-hybridized carbons (Fsp3) is 0.533. The van der Waals surface area contributed by atoms with E-state index in [4.69, 9.17) is 5.73 Å². The molecule has 0 aliphatic carbocycles. The van der Waals surface area contributed by atoms with E-state index >= 15 is 0 Å². The topological polar surface area (TPSA) is 46.3 Å². The zero-order valence-corrected chi connectivity index (χ0v) is 11.8. The van der Waals surface area contributed by atoms with Gasteiger partial charge in [0.25, 0.3) is 0 Å². The summed E-state index contributed by atoms with van der Waals surface area (Å²) in [4.78, 5) is 13.9. The Bertz CT molecular complexity index is 375. The van der Waals surface area contributed by atoms with Crippen molar-refractivity contribution in [2.24, 2.45) is 11.7 Å². The summed E-state index contributed by atoms with van der Waals surface area (Å²) >= 11 is 0. The molecular weight excluding hydrogens is 224 g/mol. The second kappa shape index (κ2) is 6.55. The number of hydrogen-bond acceptors (Lipinski definition) is 2. The van der Waals surface area contributed by atoms with Crippen LogP contribution in [0.3, 0.4) is 0 Å². The van der Waals surface area contributed by atoms with Gasteiger partial charge in [-0.1, -0.05) is 44.2 Å². The Balaban J connectivity index is 2.69. The van der Waals surface area contributed by atoms with Crippen molar-refractivity contribution in [1.29, 1.82) is 0 Å². The number of likely N-dealkylation sites (N-methyl/N-ethyl adjacent to an activating group) is 1. The van der Waals surface area contributed by atoms with Crippen LogP contribution in [0.2, 0.25) is 0 Å². The van der Waals surface area contributed by atoms with Crippen molar-refractivity contribution in [1.82, 2.24) is 4.90 Å². The number of rotatable bonds is 5. The molecule has 100 valence electrons. The van der Waals surface area contributed by atoms with Gasteiger partial charge in [-0.15, -0.1) is 0 Å². The van der Waals surface area contributed by atoms with Gasteiger partial charge < -0.3 is 10.6 Å². The molecule has 0 saturated heterocycles. The maximum Gasteiger partial charge on any atom is 0.239 e. The Morgan fingerprint density at radius 1 is 1.22 bits per heavy atom. The molecular formula is C15H24N2O. The highest BCUT2D eigenvalue weighted by Gasteiger charge is 2.23. The number of amides is 1. The van der Waals surface area contributed by atoms with E-state index in [1.807, 2.05) is 44.3 Å². The van der Waals surface area contributed by atoms with Gasteiger partial charge in [0.15, 0.2) is 0 Å². The van der Waals surface area contributed by atoms with Crippen LogP contribution in [0.4, 0.5) is 0 Å². The first-order valence-corrected chi connectivity index (χ1v) is 6.50. The number of carbonyl (C=O) groups excluding carboxylic acids is 1. The lowest BCUT2D eigenvalue weighted by Crippen LogP contribution is -2.43. The Kier molecular flexibility index (Phi) is 5.35. The molecule has 1 aromatic rings. The predicted octanol–water partition coefficient (Wildman–Crippen LogP) is 2.58. The smallest absolute Gasteiger partial charge is 0.239 e. The summed E-state index contributed by atoms with van der Waals surface area (Å²) in [6.07, 6.45) is 0.727. The summed E-state index contributed by atoms with van der Waals surface area (Å²) in [5.74, 6) is 0.449. The van der Waals surface area contributed by atoms with Crippen molar-refractivity contribution in [3.05, 3.63) is 35.9 Å². The minimum Gasteiger partial charge on any atom is -0.338 e. The molecule has 3 heteroatoms. The average Bonchev–Trinajstić information content (AvgIpc) is 2.36. The molecule has 3 nitrogen and oxygen atoms in total. The van der Waals surface area contributed by atoms with Crippen LogP contribution in [0.5, 0.6) is 0 Å². The first-order chi connectivity index (χ1) is 8.43. The van der Waals surface area contributed by atoms with E-state index in [0.717, 1.165) is 12.0 Å². The third kappa shape index (κ3) is 3.84. The first-order valence-electron chi connectivity index (χ1n) is 6.50. The zero-order valence-electron chi connectivity index (χ0n) is 11.8. The van der Waals surface area contributed by atoms with Gasteiger partial charge in [-0.3, -0.25) is 4.79 Å². The molecule has 0 spiro atoms. The third-order valence-corrected chi connectivity index (χ3v) is 3.25. The standard InChI is InChI=1S/C15H24N2O/c1-11(2)10-14(16)15(18)17(4)12(3)13-8-6-5-7-9-13/h5-9,11-12,14H,10,16H2,1-4H3. The predicted molar refractivity (Wildman–Crippen MR) is 75.1 cm³/mol. The van der Waals surface area contributed by atoms with Crippen molar-refractivity contribution >= 4 is 5.91 Å².